The Balaban J connectivity index is 1.84. The number of halogens is 2. The molecule has 0 aromatic carbocycles. The molecule has 0 aliphatic rings. The molecule has 0 amide bonds. The second-order valence-electron chi connectivity index (χ2n) is 4.78. The van der Waals surface area contributed by atoms with E-state index >= 15 is 0 Å². The van der Waals surface area contributed by atoms with Crippen LogP contribution in [0.3, 0.4) is 0 Å². The Morgan fingerprint density at radius 2 is 2.14 bits per heavy atom. The number of nitrogens with one attached hydrogen (secondary N) is 1. The first-order chi connectivity index (χ1) is 10.6. The minimum absolute atomic E-state index is 0.263. The highest BCUT2D eigenvalue weighted by Gasteiger charge is 2.15. The lowest BCUT2D eigenvalue weighted by molar-refractivity contribution is 0.112. The molecule has 3 aromatic heterocycles. The van der Waals surface area contributed by atoms with Crippen LogP contribution in [0, 0.1) is 6.92 Å². The fourth-order valence-corrected chi connectivity index (χ4v) is 3.09. The van der Waals surface area contributed by atoms with Crippen LogP contribution in [0.15, 0.2) is 16.7 Å². The van der Waals surface area contributed by atoms with Crippen molar-refractivity contribution in [3.05, 3.63) is 34.3 Å². The van der Waals surface area contributed by atoms with Gasteiger partial charge in [-0.1, -0.05) is 12.1 Å². The summed E-state index contributed by atoms with van der Waals surface area (Å²) in [6, 6.07) is 3.29. The SMILES string of the molecule is CCc1cc2c(NCc3cc(C(F)F)on3)nc(C)nc2s1. The number of fused-ring (bicyclic) bond motifs is 1. The number of hydrogen-bond acceptors (Lipinski definition) is 6. The Morgan fingerprint density at radius 1 is 1.32 bits per heavy atom. The Kier molecular flexibility index (Phi) is 4.02. The predicted molar refractivity (Wildman–Crippen MR) is 80.3 cm³/mol. The van der Waals surface area contributed by atoms with Crippen LogP contribution in [0.5, 0.6) is 0 Å². The maximum Gasteiger partial charge on any atom is 0.298 e. The van der Waals surface area contributed by atoms with E-state index in [1.54, 1.807) is 11.3 Å². The molecule has 0 atom stereocenters. The third-order valence-electron chi connectivity index (χ3n) is 3.13. The molecule has 3 rings (SSSR count). The first kappa shape index (κ1) is 14.8. The smallest absolute Gasteiger partial charge is 0.298 e. The third-order valence-corrected chi connectivity index (χ3v) is 4.31. The van der Waals surface area contributed by atoms with Crippen molar-refractivity contribution >= 4 is 27.4 Å². The summed E-state index contributed by atoms with van der Waals surface area (Å²) in [6.45, 7) is 4.17. The van der Waals surface area contributed by atoms with E-state index in [1.165, 1.54) is 10.9 Å². The highest BCUT2D eigenvalue weighted by Crippen LogP contribution is 2.29. The molecule has 0 unspecified atom stereocenters. The van der Waals surface area contributed by atoms with E-state index in [1.807, 2.05) is 6.92 Å². The summed E-state index contributed by atoms with van der Waals surface area (Å²) < 4.78 is 29.5. The summed E-state index contributed by atoms with van der Waals surface area (Å²) in [5.74, 6) is 0.914. The van der Waals surface area contributed by atoms with Crippen LogP contribution in [0.1, 0.15) is 35.5 Å². The largest absolute Gasteiger partial charge is 0.364 e. The van der Waals surface area contributed by atoms with Crippen molar-refractivity contribution in [2.24, 2.45) is 0 Å². The molecule has 0 saturated carbocycles. The van der Waals surface area contributed by atoms with Crippen molar-refractivity contribution < 1.29 is 13.3 Å². The van der Waals surface area contributed by atoms with Crippen LogP contribution in [-0.4, -0.2) is 15.1 Å². The second kappa shape index (κ2) is 5.96. The van der Waals surface area contributed by atoms with Crippen LogP contribution in [0.25, 0.3) is 10.2 Å². The van der Waals surface area contributed by atoms with E-state index in [0.717, 1.165) is 16.6 Å². The highest BCUT2D eigenvalue weighted by atomic mass is 32.1. The van der Waals surface area contributed by atoms with Gasteiger partial charge in [0.1, 0.15) is 22.2 Å². The molecular formula is C14H14F2N4OS. The number of alkyl halides is 2. The van der Waals surface area contributed by atoms with Crippen molar-refractivity contribution in [1.82, 2.24) is 15.1 Å². The maximum atomic E-state index is 12.5. The molecule has 1 N–H and O–H groups in total. The fraction of sp³-hybridized carbons (Fsp3) is 0.357. The number of thiophene rings is 1. The Hall–Kier alpha value is -2.09. The Morgan fingerprint density at radius 3 is 2.82 bits per heavy atom. The number of rotatable bonds is 5. The fourth-order valence-electron chi connectivity index (χ4n) is 2.08. The summed E-state index contributed by atoms with van der Waals surface area (Å²) in [4.78, 5) is 10.9. The highest BCUT2D eigenvalue weighted by molar-refractivity contribution is 7.18. The quantitative estimate of drug-likeness (QED) is 0.765. The third kappa shape index (κ3) is 2.92. The van der Waals surface area contributed by atoms with Gasteiger partial charge in [-0.05, 0) is 19.4 Å². The zero-order valence-electron chi connectivity index (χ0n) is 12.1. The van der Waals surface area contributed by atoms with E-state index in [9.17, 15) is 8.78 Å². The van der Waals surface area contributed by atoms with Gasteiger partial charge in [-0.2, -0.15) is 0 Å². The molecule has 116 valence electrons. The van der Waals surface area contributed by atoms with Crippen LogP contribution in [0.2, 0.25) is 0 Å². The summed E-state index contributed by atoms with van der Waals surface area (Å²) in [5.41, 5.74) is 0.408. The lowest BCUT2D eigenvalue weighted by Crippen LogP contribution is -2.03. The summed E-state index contributed by atoms with van der Waals surface area (Å²) >= 11 is 1.63. The molecule has 0 radical (unpaired) electrons. The molecule has 0 aliphatic heterocycles. The Labute approximate surface area is 129 Å². The summed E-state index contributed by atoms with van der Waals surface area (Å²) in [7, 11) is 0. The van der Waals surface area contributed by atoms with E-state index in [0.29, 0.717) is 17.3 Å². The van der Waals surface area contributed by atoms with Crippen LogP contribution < -0.4 is 5.32 Å². The minimum Gasteiger partial charge on any atom is -0.364 e. The van der Waals surface area contributed by atoms with Crippen LogP contribution >= 0.6 is 11.3 Å². The molecule has 0 aliphatic carbocycles. The predicted octanol–water partition coefficient (Wildman–Crippen LogP) is 4.10. The van der Waals surface area contributed by atoms with Crippen molar-refractivity contribution in [1.29, 1.82) is 0 Å². The normalized spacial score (nSPS) is 11.5. The Bertz CT molecular complexity index is 799. The first-order valence-electron chi connectivity index (χ1n) is 6.81. The topological polar surface area (TPSA) is 63.8 Å². The van der Waals surface area contributed by atoms with E-state index < -0.39 is 12.2 Å². The van der Waals surface area contributed by atoms with Gasteiger partial charge in [-0.15, -0.1) is 11.3 Å². The minimum atomic E-state index is -2.65. The number of nitrogens with zero attached hydrogens (tertiary/aromatic N) is 3. The molecule has 5 nitrogen and oxygen atoms in total. The van der Waals surface area contributed by atoms with E-state index in [-0.39, 0.29) is 6.54 Å². The molecule has 0 bridgehead atoms. The van der Waals surface area contributed by atoms with Gasteiger partial charge < -0.3 is 9.84 Å². The molecule has 0 fully saturated rings. The maximum absolute atomic E-state index is 12.5. The van der Waals surface area contributed by atoms with Gasteiger partial charge in [0, 0.05) is 10.9 Å². The van der Waals surface area contributed by atoms with Crippen molar-refractivity contribution in [3.63, 3.8) is 0 Å². The molecule has 3 heterocycles. The average molecular weight is 324 g/mol. The summed E-state index contributed by atoms with van der Waals surface area (Å²) in [5, 5.41) is 7.68. The standard InChI is InChI=1S/C14H14F2N4OS/c1-3-9-5-10-13(18-7(2)19-14(10)22-9)17-6-8-4-11(12(15)16)21-20-8/h4-5,12H,3,6H2,1-2H3,(H,17,18,19). The van der Waals surface area contributed by atoms with Gasteiger partial charge in [0.15, 0.2) is 0 Å². The average Bonchev–Trinajstić information content (AvgIpc) is 3.10. The number of hydrogen-bond donors (Lipinski definition) is 1. The zero-order chi connectivity index (χ0) is 15.7. The summed E-state index contributed by atoms with van der Waals surface area (Å²) in [6.07, 6.45) is -1.72. The van der Waals surface area contributed by atoms with Crippen molar-refractivity contribution in [3.8, 4) is 0 Å². The van der Waals surface area contributed by atoms with E-state index in [2.05, 4.69) is 38.0 Å². The van der Waals surface area contributed by atoms with Crippen molar-refractivity contribution in [2.45, 2.75) is 33.2 Å². The number of anilines is 1. The van der Waals surface area contributed by atoms with Gasteiger partial charge in [0.25, 0.3) is 6.43 Å². The first-order valence-corrected chi connectivity index (χ1v) is 7.63. The van der Waals surface area contributed by atoms with Gasteiger partial charge in [-0.3, -0.25) is 0 Å². The second-order valence-corrected chi connectivity index (χ2v) is 5.89. The van der Waals surface area contributed by atoms with Crippen LogP contribution in [-0.2, 0) is 13.0 Å². The van der Waals surface area contributed by atoms with Gasteiger partial charge in [0.2, 0.25) is 5.76 Å². The molecular weight excluding hydrogens is 310 g/mol. The van der Waals surface area contributed by atoms with Crippen molar-refractivity contribution in [2.75, 3.05) is 5.32 Å². The lowest BCUT2D eigenvalue weighted by atomic mass is 10.3. The number of aryl methyl sites for hydroxylation is 2. The molecule has 3 aromatic rings. The number of aromatic nitrogens is 3. The molecule has 0 saturated heterocycles. The van der Waals surface area contributed by atoms with Crippen LogP contribution in [0.4, 0.5) is 14.6 Å². The molecule has 0 spiro atoms. The van der Waals surface area contributed by atoms with Gasteiger partial charge in [-0.25, -0.2) is 18.7 Å². The lowest BCUT2D eigenvalue weighted by Gasteiger charge is -2.05. The van der Waals surface area contributed by atoms with Gasteiger partial charge >= 0.3 is 0 Å². The zero-order valence-corrected chi connectivity index (χ0v) is 12.9. The van der Waals surface area contributed by atoms with Gasteiger partial charge in [0.05, 0.1) is 11.9 Å². The molecule has 22 heavy (non-hydrogen) atoms. The van der Waals surface area contributed by atoms with E-state index in [4.69, 9.17) is 0 Å². The monoisotopic (exact) mass is 324 g/mol. The molecule has 8 heteroatoms.